The third-order valence-electron chi connectivity index (χ3n) is 6.57. The van der Waals surface area contributed by atoms with E-state index >= 15 is 0 Å². The molecule has 12 heteroatoms. The molecule has 10 nitrogen and oxygen atoms in total. The minimum atomic E-state index is -0.988. The van der Waals surface area contributed by atoms with Crippen molar-refractivity contribution in [2.24, 2.45) is 0 Å². The molecule has 4 atom stereocenters. The molecular weight excluding hydrogens is 613 g/mol. The van der Waals surface area contributed by atoms with Crippen LogP contribution in [0.3, 0.4) is 0 Å². The molecule has 0 aliphatic carbocycles. The Balaban J connectivity index is 1.28. The number of ether oxygens (including phenoxy) is 3. The summed E-state index contributed by atoms with van der Waals surface area (Å²) in [5, 5.41) is 12.7. The fourth-order valence-corrected chi connectivity index (χ4v) is 5.64. The highest BCUT2D eigenvalue weighted by Gasteiger charge is 2.63. The molecule has 0 radical (unpaired) electrons. The predicted octanol–water partition coefficient (Wildman–Crippen LogP) is 4.44. The first kappa shape index (κ1) is 24.9. The molecule has 0 amide bonds. The van der Waals surface area contributed by atoms with Crippen molar-refractivity contribution in [2.75, 3.05) is 18.5 Å². The van der Waals surface area contributed by atoms with Crippen LogP contribution < -0.4 is 5.32 Å². The summed E-state index contributed by atoms with van der Waals surface area (Å²) in [6.45, 7) is 1.02. The van der Waals surface area contributed by atoms with E-state index in [-0.39, 0.29) is 18.5 Å². The van der Waals surface area contributed by atoms with Crippen LogP contribution in [0.4, 0.5) is 5.82 Å². The molecule has 2 fully saturated rings. The minimum Gasteiger partial charge on any atom is -0.367 e. The molecular formula is C25H23ClIN5O5. The normalized spacial score (nSPS) is 24.7. The van der Waals surface area contributed by atoms with Crippen LogP contribution in [-0.4, -0.2) is 55.8 Å². The second-order valence-electron chi connectivity index (χ2n) is 8.99. The fourth-order valence-electron chi connectivity index (χ4n) is 4.87. The van der Waals surface area contributed by atoms with Crippen LogP contribution in [0.2, 0.25) is 5.28 Å². The van der Waals surface area contributed by atoms with Gasteiger partial charge >= 0.3 is 0 Å². The molecule has 2 aliphatic rings. The summed E-state index contributed by atoms with van der Waals surface area (Å²) >= 11 is 8.59. The van der Waals surface area contributed by atoms with Gasteiger partial charge in [-0.15, -0.1) is 0 Å². The first-order chi connectivity index (χ1) is 18.1. The van der Waals surface area contributed by atoms with Crippen LogP contribution in [0.5, 0.6) is 0 Å². The van der Waals surface area contributed by atoms with Crippen LogP contribution in [0.1, 0.15) is 17.4 Å². The van der Waals surface area contributed by atoms with Gasteiger partial charge in [0.2, 0.25) is 5.28 Å². The lowest BCUT2D eigenvalue weighted by molar-refractivity contribution is -0.295. The van der Waals surface area contributed by atoms with Crippen molar-refractivity contribution in [3.8, 4) is 0 Å². The van der Waals surface area contributed by atoms with Gasteiger partial charge in [-0.3, -0.25) is 9.82 Å². The largest absolute Gasteiger partial charge is 0.367 e. The van der Waals surface area contributed by atoms with Gasteiger partial charge in [0.05, 0.1) is 19.5 Å². The van der Waals surface area contributed by atoms with Gasteiger partial charge in [0.25, 0.3) is 0 Å². The molecule has 2 saturated heterocycles. The average Bonchev–Trinajstić information content (AvgIpc) is 3.56. The minimum absolute atomic E-state index is 0.0775. The molecule has 4 heterocycles. The van der Waals surface area contributed by atoms with Crippen molar-refractivity contribution in [1.82, 2.24) is 19.5 Å². The van der Waals surface area contributed by atoms with Gasteiger partial charge in [0.1, 0.15) is 24.4 Å². The molecule has 0 unspecified atom stereocenters. The molecule has 37 heavy (non-hydrogen) atoms. The summed E-state index contributed by atoms with van der Waals surface area (Å²) in [6, 6.07) is 18.0. The summed E-state index contributed by atoms with van der Waals surface area (Å²) in [5.41, 5.74) is 2.17. The Morgan fingerprint density at radius 3 is 2.81 bits per heavy atom. The molecule has 0 spiro atoms. The van der Waals surface area contributed by atoms with Gasteiger partial charge in [-0.05, 0) is 57.5 Å². The maximum Gasteiger partial charge on any atom is 0.226 e. The summed E-state index contributed by atoms with van der Waals surface area (Å²) in [4.78, 5) is 17.9. The van der Waals surface area contributed by atoms with Gasteiger partial charge in [0.15, 0.2) is 23.2 Å². The Morgan fingerprint density at radius 1 is 1.16 bits per heavy atom. The van der Waals surface area contributed by atoms with E-state index in [9.17, 15) is 5.26 Å². The van der Waals surface area contributed by atoms with Crippen molar-refractivity contribution in [1.29, 1.82) is 0 Å². The standard InChI is InChI=1S/C25H23ClIN5O5/c26-24-30-21(28-10-16-7-4-8-17(27)9-16)18-22(31-24)32(14-29-18)23-19-20(25(37-23,12-35-19)13-36-33)34-11-15-5-2-1-3-6-15/h1-9,14,19-20,23,33H,10-13H2,(H,28,30,31)/t19-,20+,23-,25+/m1/s1. The molecule has 0 saturated carbocycles. The molecule has 6 rings (SSSR count). The molecule has 192 valence electrons. The van der Waals surface area contributed by atoms with Crippen LogP contribution in [0.25, 0.3) is 11.2 Å². The summed E-state index contributed by atoms with van der Waals surface area (Å²) in [5.74, 6) is 0.516. The Bertz CT molecular complexity index is 1410. The number of anilines is 1. The van der Waals surface area contributed by atoms with E-state index in [2.05, 4.69) is 53.8 Å². The number of hydrogen-bond donors (Lipinski definition) is 2. The SMILES string of the molecule is OOC[C@]12CO[C@@H]([C@H](n3cnc4c(NCc5cccc(I)c5)nc(Cl)nc43)O1)[C@@H]2OCc1ccccc1. The zero-order valence-electron chi connectivity index (χ0n) is 19.5. The third kappa shape index (κ3) is 4.80. The first-order valence-corrected chi connectivity index (χ1v) is 13.1. The second-order valence-corrected chi connectivity index (χ2v) is 10.6. The number of fused-ring (bicyclic) bond motifs is 3. The quantitative estimate of drug-likeness (QED) is 0.119. The van der Waals surface area contributed by atoms with Crippen molar-refractivity contribution in [3.63, 3.8) is 0 Å². The Kier molecular flexibility index (Phi) is 7.01. The number of hydrogen-bond acceptors (Lipinski definition) is 9. The lowest BCUT2D eigenvalue weighted by atomic mass is 10.00. The molecule has 2 aliphatic heterocycles. The van der Waals surface area contributed by atoms with E-state index in [1.807, 2.05) is 48.5 Å². The van der Waals surface area contributed by atoms with Crippen LogP contribution in [0.15, 0.2) is 60.9 Å². The van der Waals surface area contributed by atoms with Gasteiger partial charge in [-0.25, -0.2) is 9.87 Å². The van der Waals surface area contributed by atoms with Gasteiger partial charge < -0.3 is 19.5 Å². The fraction of sp³-hybridized carbons (Fsp3) is 0.320. The summed E-state index contributed by atoms with van der Waals surface area (Å²) < 4.78 is 21.7. The lowest BCUT2D eigenvalue weighted by Crippen LogP contribution is -2.46. The van der Waals surface area contributed by atoms with Gasteiger partial charge in [0, 0.05) is 10.1 Å². The van der Waals surface area contributed by atoms with E-state index < -0.39 is 24.0 Å². The van der Waals surface area contributed by atoms with Crippen molar-refractivity contribution < 1.29 is 24.4 Å². The summed E-state index contributed by atoms with van der Waals surface area (Å²) in [6.07, 6.45) is 0.0396. The number of aromatic nitrogens is 4. The topological polar surface area (TPSA) is 113 Å². The van der Waals surface area contributed by atoms with Gasteiger partial charge in [-0.2, -0.15) is 9.97 Å². The zero-order valence-corrected chi connectivity index (χ0v) is 22.4. The number of rotatable bonds is 9. The number of nitrogens with one attached hydrogen (secondary N) is 1. The van der Waals surface area contributed by atoms with E-state index in [1.165, 1.54) is 0 Å². The van der Waals surface area contributed by atoms with Crippen LogP contribution >= 0.6 is 34.2 Å². The Hall–Kier alpha value is -2.39. The number of halogens is 2. The Morgan fingerprint density at radius 2 is 2.00 bits per heavy atom. The lowest BCUT2D eigenvalue weighted by Gasteiger charge is -2.30. The molecule has 2 aromatic heterocycles. The third-order valence-corrected chi connectivity index (χ3v) is 7.41. The van der Waals surface area contributed by atoms with Crippen molar-refractivity contribution >= 4 is 51.2 Å². The molecule has 2 aromatic carbocycles. The smallest absolute Gasteiger partial charge is 0.226 e. The molecule has 2 bridgehead atoms. The number of benzene rings is 2. The van der Waals surface area contributed by atoms with Crippen molar-refractivity contribution in [3.05, 3.63) is 80.9 Å². The highest BCUT2D eigenvalue weighted by atomic mass is 127. The average molecular weight is 636 g/mol. The van der Waals surface area contributed by atoms with E-state index in [1.54, 1.807) is 10.9 Å². The Labute approximate surface area is 231 Å². The molecule has 2 N–H and O–H groups in total. The highest BCUT2D eigenvalue weighted by Crippen LogP contribution is 2.47. The van der Waals surface area contributed by atoms with Gasteiger partial charge in [-0.1, -0.05) is 42.5 Å². The number of nitrogens with zero attached hydrogens (tertiary/aromatic N) is 4. The van der Waals surface area contributed by atoms with Crippen molar-refractivity contribution in [2.45, 2.75) is 37.2 Å². The molecule has 4 aromatic rings. The van der Waals surface area contributed by atoms with E-state index in [0.29, 0.717) is 30.1 Å². The second kappa shape index (κ2) is 10.4. The predicted molar refractivity (Wildman–Crippen MR) is 143 cm³/mol. The summed E-state index contributed by atoms with van der Waals surface area (Å²) in [7, 11) is 0. The monoisotopic (exact) mass is 635 g/mol. The van der Waals surface area contributed by atoms with E-state index in [0.717, 1.165) is 14.7 Å². The van der Waals surface area contributed by atoms with Crippen LogP contribution in [-0.2, 0) is 32.2 Å². The highest BCUT2D eigenvalue weighted by molar-refractivity contribution is 14.1. The zero-order chi connectivity index (χ0) is 25.4. The number of imidazole rings is 1. The first-order valence-electron chi connectivity index (χ1n) is 11.7. The maximum atomic E-state index is 9.32. The maximum absolute atomic E-state index is 9.32. The van der Waals surface area contributed by atoms with Crippen LogP contribution in [0, 0.1) is 3.57 Å². The van der Waals surface area contributed by atoms with E-state index in [4.69, 9.17) is 25.8 Å².